The van der Waals surface area contributed by atoms with Crippen LogP contribution in [-0.4, -0.2) is 90.3 Å². The Morgan fingerprint density at radius 3 is 1.83 bits per heavy atom. The maximum atomic E-state index is 13.3. The molecule has 0 fully saturated rings. The third-order valence-corrected chi connectivity index (χ3v) is 11.9. The number of hydrogen-bond donors (Lipinski definition) is 1. The van der Waals surface area contributed by atoms with Crippen LogP contribution in [0.5, 0.6) is 11.8 Å². The van der Waals surface area contributed by atoms with E-state index in [4.69, 9.17) is 9.47 Å². The van der Waals surface area contributed by atoms with Crippen LogP contribution >= 0.6 is 0 Å². The number of pyridine rings is 4. The first kappa shape index (κ1) is 49.0. The number of fused-ring (bicyclic) bond motifs is 4. The zero-order valence-electron chi connectivity index (χ0n) is 40.3. The van der Waals surface area contributed by atoms with Crippen molar-refractivity contribution in [3.63, 3.8) is 0 Å². The number of ether oxygens (including phenoxy) is 2. The van der Waals surface area contributed by atoms with E-state index < -0.39 is 0 Å². The summed E-state index contributed by atoms with van der Waals surface area (Å²) >= 11 is 0. The monoisotopic (exact) mass is 952 g/mol. The molecule has 8 aromatic heterocycles. The van der Waals surface area contributed by atoms with Crippen LogP contribution in [0.1, 0.15) is 35.1 Å². The van der Waals surface area contributed by atoms with E-state index in [0.29, 0.717) is 36.1 Å². The van der Waals surface area contributed by atoms with Gasteiger partial charge in [-0.05, 0) is 66.9 Å². The standard InChI is InChI=1S/C26H27N7O2.C15H18N6O.C12H11NO/c1-31-15-20(25(34)21-6-3-4-7-22(21)31)16-32(14-19-8-9-28-24(12-19)35-2)10-5-11-33-18-30-26-23(33)13-27-17-29-26;1-22-14-7-12(3-5-18-14)8-16-4-2-6-21-11-20-15-13(21)9-17-10-19-15;1-3-9-8-13(2)11-7-5-4-6-10(11)12(9)14/h3-4,6-9,12-13,15,17-18H,5,10-11,14,16H2,1-2H3;3,5,7,9-11,16H,2,4,6,8H2,1H3;3-8H,1H2,2H3. The minimum Gasteiger partial charge on any atom is -0.481 e. The Balaban J connectivity index is 0.000000159. The minimum absolute atomic E-state index is 0.0497. The molecule has 0 aliphatic carbocycles. The van der Waals surface area contributed by atoms with Gasteiger partial charge in [0.25, 0.3) is 0 Å². The summed E-state index contributed by atoms with van der Waals surface area (Å²) in [6, 6.07) is 23.1. The molecule has 10 aromatic rings. The van der Waals surface area contributed by atoms with Crippen molar-refractivity contribution in [3.8, 4) is 11.8 Å². The molecule has 2 aromatic carbocycles. The van der Waals surface area contributed by atoms with Crippen LogP contribution in [0, 0.1) is 0 Å². The molecular formula is C53H56N14O4. The minimum atomic E-state index is 0.0497. The molecular weight excluding hydrogens is 897 g/mol. The summed E-state index contributed by atoms with van der Waals surface area (Å²) in [6.07, 6.45) is 21.0. The molecule has 362 valence electrons. The van der Waals surface area contributed by atoms with Crippen molar-refractivity contribution in [1.29, 1.82) is 0 Å². The van der Waals surface area contributed by atoms with Crippen LogP contribution in [0.15, 0.2) is 151 Å². The number of nitrogens with zero attached hydrogens (tertiary/aromatic N) is 13. The number of benzene rings is 2. The second-order valence-corrected chi connectivity index (χ2v) is 16.7. The number of aryl methyl sites for hydroxylation is 4. The van der Waals surface area contributed by atoms with E-state index >= 15 is 0 Å². The third-order valence-electron chi connectivity index (χ3n) is 11.9. The Kier molecular flexibility index (Phi) is 16.3. The molecule has 10 rings (SSSR count). The lowest BCUT2D eigenvalue weighted by molar-refractivity contribution is 0.247. The van der Waals surface area contributed by atoms with Crippen molar-refractivity contribution in [2.75, 3.05) is 27.3 Å². The highest BCUT2D eigenvalue weighted by atomic mass is 16.5. The summed E-state index contributed by atoms with van der Waals surface area (Å²) in [5.41, 5.74) is 8.99. The van der Waals surface area contributed by atoms with Crippen LogP contribution in [0.25, 0.3) is 50.2 Å². The molecule has 0 saturated carbocycles. The van der Waals surface area contributed by atoms with Crippen molar-refractivity contribution < 1.29 is 9.47 Å². The summed E-state index contributed by atoms with van der Waals surface area (Å²) in [6.45, 7) is 8.99. The number of nitrogens with one attached hydrogen (secondary N) is 1. The summed E-state index contributed by atoms with van der Waals surface area (Å²) in [5, 5.41) is 4.90. The molecule has 0 aliphatic rings. The Bertz CT molecular complexity index is 3510. The Labute approximate surface area is 410 Å². The van der Waals surface area contributed by atoms with Gasteiger partial charge in [0.05, 0.1) is 50.3 Å². The fraction of sp³-hybridized carbons (Fsp3) is 0.245. The van der Waals surface area contributed by atoms with Gasteiger partial charge in [-0.25, -0.2) is 39.9 Å². The lowest BCUT2D eigenvalue weighted by Gasteiger charge is -2.23. The molecule has 0 spiro atoms. The van der Waals surface area contributed by atoms with E-state index in [1.165, 1.54) is 12.7 Å². The molecule has 8 heterocycles. The second kappa shape index (κ2) is 23.7. The van der Waals surface area contributed by atoms with Crippen molar-refractivity contribution in [2.45, 2.75) is 45.6 Å². The van der Waals surface area contributed by atoms with Gasteiger partial charge in [-0.3, -0.25) is 14.5 Å². The molecule has 0 radical (unpaired) electrons. The van der Waals surface area contributed by atoms with E-state index in [1.807, 2.05) is 109 Å². The molecule has 0 atom stereocenters. The van der Waals surface area contributed by atoms with Gasteiger partial charge in [-0.15, -0.1) is 0 Å². The van der Waals surface area contributed by atoms with Gasteiger partial charge in [0.2, 0.25) is 11.8 Å². The Morgan fingerprint density at radius 1 is 0.648 bits per heavy atom. The molecule has 18 nitrogen and oxygen atoms in total. The number of para-hydroxylation sites is 2. The SMILES string of the molecule is C=Cc1cn(C)c2ccccc2c1=O.COc1cc(CN(CCCn2cnc3ncncc32)Cc2cn(C)c3ccccc3c2=O)ccn1.COc1cc(CNCCCn2cnc3ncncc32)ccn1. The van der Waals surface area contributed by atoms with Gasteiger partial charge in [-0.1, -0.05) is 36.9 Å². The van der Waals surface area contributed by atoms with E-state index in [9.17, 15) is 9.59 Å². The first-order valence-electron chi connectivity index (χ1n) is 23.1. The molecule has 0 amide bonds. The largest absolute Gasteiger partial charge is 0.481 e. The van der Waals surface area contributed by atoms with Gasteiger partial charge in [0, 0.05) is 112 Å². The zero-order chi connectivity index (χ0) is 49.5. The smallest absolute Gasteiger partial charge is 0.213 e. The maximum Gasteiger partial charge on any atom is 0.213 e. The molecule has 18 heteroatoms. The quantitative estimate of drug-likeness (QED) is 0.0942. The predicted octanol–water partition coefficient (Wildman–Crippen LogP) is 6.77. The fourth-order valence-electron chi connectivity index (χ4n) is 8.31. The van der Waals surface area contributed by atoms with Crippen LogP contribution in [0.4, 0.5) is 0 Å². The van der Waals surface area contributed by atoms with Crippen molar-refractivity contribution >= 4 is 50.2 Å². The highest BCUT2D eigenvalue weighted by Crippen LogP contribution is 2.17. The first-order valence-corrected chi connectivity index (χ1v) is 23.1. The highest BCUT2D eigenvalue weighted by Gasteiger charge is 2.15. The first-order chi connectivity index (χ1) is 34.7. The van der Waals surface area contributed by atoms with E-state index in [0.717, 1.165) is 101 Å². The number of hydrogen-bond acceptors (Lipinski definition) is 14. The average molecular weight is 953 g/mol. The highest BCUT2D eigenvalue weighted by molar-refractivity contribution is 5.81. The van der Waals surface area contributed by atoms with Crippen LogP contribution in [0.3, 0.4) is 0 Å². The second-order valence-electron chi connectivity index (χ2n) is 16.7. The summed E-state index contributed by atoms with van der Waals surface area (Å²) in [5.74, 6) is 1.22. The summed E-state index contributed by atoms with van der Waals surface area (Å²) in [4.78, 5) is 60.8. The summed E-state index contributed by atoms with van der Waals surface area (Å²) < 4.78 is 18.5. The molecule has 71 heavy (non-hydrogen) atoms. The molecule has 1 N–H and O–H groups in total. The van der Waals surface area contributed by atoms with Gasteiger partial charge in [0.15, 0.2) is 22.2 Å². The lowest BCUT2D eigenvalue weighted by atomic mass is 10.1. The molecule has 0 bridgehead atoms. The predicted molar refractivity (Wildman–Crippen MR) is 276 cm³/mol. The van der Waals surface area contributed by atoms with Crippen molar-refractivity contribution in [2.24, 2.45) is 14.1 Å². The maximum absolute atomic E-state index is 13.3. The van der Waals surface area contributed by atoms with Gasteiger partial charge < -0.3 is 33.1 Å². The van der Waals surface area contributed by atoms with Gasteiger partial charge in [-0.2, -0.15) is 0 Å². The fourth-order valence-corrected chi connectivity index (χ4v) is 8.31. The number of aromatic nitrogens is 12. The van der Waals surface area contributed by atoms with E-state index in [1.54, 1.807) is 57.6 Å². The van der Waals surface area contributed by atoms with E-state index in [2.05, 4.69) is 65.8 Å². The van der Waals surface area contributed by atoms with Crippen LogP contribution < -0.4 is 25.6 Å². The zero-order valence-corrected chi connectivity index (χ0v) is 40.3. The number of rotatable bonds is 17. The van der Waals surface area contributed by atoms with E-state index in [-0.39, 0.29) is 10.9 Å². The Hall–Kier alpha value is -8.48. The normalized spacial score (nSPS) is 11.1. The lowest BCUT2D eigenvalue weighted by Crippen LogP contribution is -2.28. The third kappa shape index (κ3) is 12.2. The summed E-state index contributed by atoms with van der Waals surface area (Å²) in [7, 11) is 7.14. The molecule has 0 saturated heterocycles. The van der Waals surface area contributed by atoms with Crippen LogP contribution in [0.2, 0.25) is 0 Å². The Morgan fingerprint density at radius 2 is 1.21 bits per heavy atom. The van der Waals surface area contributed by atoms with Crippen molar-refractivity contribution in [1.82, 2.24) is 68.4 Å². The number of methoxy groups -OCH3 is 2. The molecule has 0 unspecified atom stereocenters. The average Bonchev–Trinajstić information content (AvgIpc) is 4.03. The van der Waals surface area contributed by atoms with Gasteiger partial charge >= 0.3 is 0 Å². The van der Waals surface area contributed by atoms with Crippen molar-refractivity contribution in [3.05, 3.63) is 185 Å². The number of imidazole rings is 2. The topological polar surface area (TPSA) is 191 Å². The van der Waals surface area contributed by atoms with Crippen LogP contribution in [-0.2, 0) is 46.8 Å². The molecule has 0 aliphatic heterocycles. The van der Waals surface area contributed by atoms with Gasteiger partial charge in [0.1, 0.15) is 23.7 Å².